The molecule has 2 atom stereocenters. The Bertz CT molecular complexity index is 621. The van der Waals surface area contributed by atoms with Crippen LogP contribution in [0.25, 0.3) is 0 Å². The van der Waals surface area contributed by atoms with Gasteiger partial charge in [0.05, 0.1) is 25.9 Å². The normalized spacial score (nSPS) is 27.3. The Morgan fingerprint density at radius 3 is 2.79 bits per heavy atom. The van der Waals surface area contributed by atoms with Gasteiger partial charge >= 0.3 is 0 Å². The third-order valence-electron chi connectivity index (χ3n) is 5.01. The van der Waals surface area contributed by atoms with Crippen molar-refractivity contribution in [3.05, 3.63) is 23.8 Å². The van der Waals surface area contributed by atoms with Crippen molar-refractivity contribution in [3.63, 3.8) is 0 Å². The molecule has 3 heterocycles. The Kier molecular flexibility index (Phi) is 4.33. The molecule has 3 aliphatic heterocycles. The highest BCUT2D eigenvalue weighted by Crippen LogP contribution is 2.32. The minimum atomic E-state index is 0.0463. The second-order valence-corrected chi connectivity index (χ2v) is 6.85. The summed E-state index contributed by atoms with van der Waals surface area (Å²) < 4.78 is 17.3. The van der Waals surface area contributed by atoms with E-state index in [1.165, 1.54) is 0 Å². The lowest BCUT2D eigenvalue weighted by Crippen LogP contribution is -2.32. The van der Waals surface area contributed by atoms with Crippen LogP contribution in [0.4, 0.5) is 0 Å². The number of carbonyl (C=O) groups excluding carboxylic acids is 1. The maximum Gasteiger partial charge on any atom is 0.254 e. The number of hydrogen-bond acceptors (Lipinski definition) is 5. The molecule has 2 fully saturated rings. The quantitative estimate of drug-likeness (QED) is 0.775. The highest BCUT2D eigenvalue weighted by molar-refractivity contribution is 5.95. The molecular weight excluding hydrogens is 308 g/mol. The molecule has 0 aliphatic carbocycles. The third-order valence-corrected chi connectivity index (χ3v) is 5.01. The molecule has 0 radical (unpaired) electrons. The molecule has 1 aromatic rings. The fraction of sp³-hybridized carbons (Fsp3) is 0.611. The molecule has 3 aliphatic rings. The Balaban J connectivity index is 1.49. The predicted molar refractivity (Wildman–Crippen MR) is 88.7 cm³/mol. The van der Waals surface area contributed by atoms with Crippen LogP contribution in [-0.4, -0.2) is 74.9 Å². The zero-order valence-corrected chi connectivity index (χ0v) is 14.1. The summed E-state index contributed by atoms with van der Waals surface area (Å²) in [4.78, 5) is 17.1. The maximum absolute atomic E-state index is 12.9. The summed E-state index contributed by atoms with van der Waals surface area (Å²) in [5.41, 5.74) is 0.657. The zero-order chi connectivity index (χ0) is 16.5. The highest BCUT2D eigenvalue weighted by Gasteiger charge is 2.38. The van der Waals surface area contributed by atoms with Crippen LogP contribution in [0.1, 0.15) is 16.8 Å². The van der Waals surface area contributed by atoms with Crippen LogP contribution >= 0.6 is 0 Å². The average molecular weight is 332 g/mol. The lowest BCUT2D eigenvalue weighted by molar-refractivity contribution is 0.0487. The number of ether oxygens (including phenoxy) is 3. The van der Waals surface area contributed by atoms with E-state index >= 15 is 0 Å². The van der Waals surface area contributed by atoms with E-state index in [0.717, 1.165) is 38.4 Å². The van der Waals surface area contributed by atoms with Crippen molar-refractivity contribution in [1.82, 2.24) is 9.80 Å². The molecule has 24 heavy (non-hydrogen) atoms. The molecule has 0 bridgehead atoms. The summed E-state index contributed by atoms with van der Waals surface area (Å²) in [6, 6.07) is 5.48. The predicted octanol–water partition coefficient (Wildman–Crippen LogP) is 1.25. The van der Waals surface area contributed by atoms with Crippen molar-refractivity contribution in [3.8, 4) is 11.5 Å². The van der Waals surface area contributed by atoms with Gasteiger partial charge in [-0.05, 0) is 25.2 Å². The first kappa shape index (κ1) is 15.7. The molecule has 0 aromatic heterocycles. The van der Waals surface area contributed by atoms with Crippen molar-refractivity contribution < 1.29 is 19.0 Å². The summed E-state index contributed by atoms with van der Waals surface area (Å²) in [5.74, 6) is 1.83. The highest BCUT2D eigenvalue weighted by atomic mass is 16.5. The van der Waals surface area contributed by atoms with Crippen LogP contribution in [0.15, 0.2) is 18.2 Å². The first-order valence-electron chi connectivity index (χ1n) is 8.70. The van der Waals surface area contributed by atoms with E-state index in [4.69, 9.17) is 14.2 Å². The van der Waals surface area contributed by atoms with E-state index in [2.05, 4.69) is 11.9 Å². The first-order valence-corrected chi connectivity index (χ1v) is 8.70. The molecule has 0 saturated carbocycles. The number of likely N-dealkylation sites (N-methyl/N-ethyl adjacent to an activating group) is 1. The van der Waals surface area contributed by atoms with Gasteiger partial charge in [-0.1, -0.05) is 0 Å². The molecule has 1 aromatic carbocycles. The van der Waals surface area contributed by atoms with E-state index in [-0.39, 0.29) is 12.0 Å². The molecule has 6 nitrogen and oxygen atoms in total. The standard InChI is InChI=1S/C18H24N2O4/c1-19-5-8-24-17-12-20(11-14(17)10-19)18(21)13-3-4-15-16(9-13)23-7-2-6-22-15/h3-4,9,14,17H,2,5-8,10-12H2,1H3/t14-,17+/m1/s1. The van der Waals surface area contributed by atoms with Gasteiger partial charge in [0.1, 0.15) is 0 Å². The molecule has 4 rings (SSSR count). The summed E-state index contributed by atoms with van der Waals surface area (Å²) in [6.45, 7) is 5.38. The van der Waals surface area contributed by atoms with Gasteiger partial charge in [-0.15, -0.1) is 0 Å². The van der Waals surface area contributed by atoms with Crippen molar-refractivity contribution >= 4 is 5.91 Å². The molecule has 0 unspecified atom stereocenters. The van der Waals surface area contributed by atoms with E-state index in [1.54, 1.807) is 0 Å². The van der Waals surface area contributed by atoms with Gasteiger partial charge in [0.15, 0.2) is 11.5 Å². The summed E-state index contributed by atoms with van der Waals surface area (Å²) >= 11 is 0. The molecular formula is C18H24N2O4. The molecule has 6 heteroatoms. The average Bonchev–Trinajstić information content (AvgIpc) is 2.75. The molecule has 130 valence electrons. The molecule has 1 amide bonds. The Labute approximate surface area is 142 Å². The van der Waals surface area contributed by atoms with Crippen LogP contribution < -0.4 is 9.47 Å². The van der Waals surface area contributed by atoms with Crippen LogP contribution in [0, 0.1) is 5.92 Å². The van der Waals surface area contributed by atoms with Crippen molar-refractivity contribution in [2.45, 2.75) is 12.5 Å². The third kappa shape index (κ3) is 3.08. The van der Waals surface area contributed by atoms with Crippen molar-refractivity contribution in [2.75, 3.05) is 53.0 Å². The van der Waals surface area contributed by atoms with Crippen LogP contribution in [0.3, 0.4) is 0 Å². The summed E-state index contributed by atoms with van der Waals surface area (Å²) in [6.07, 6.45) is 1.01. The maximum atomic E-state index is 12.9. The minimum absolute atomic E-state index is 0.0463. The number of benzene rings is 1. The van der Waals surface area contributed by atoms with Gasteiger partial charge in [0.25, 0.3) is 5.91 Å². The van der Waals surface area contributed by atoms with E-state index in [1.807, 2.05) is 23.1 Å². The number of hydrogen-bond donors (Lipinski definition) is 0. The second-order valence-electron chi connectivity index (χ2n) is 6.85. The van der Waals surface area contributed by atoms with Gasteiger partial charge in [0.2, 0.25) is 0 Å². The minimum Gasteiger partial charge on any atom is -0.490 e. The number of nitrogens with zero attached hydrogens (tertiary/aromatic N) is 2. The van der Waals surface area contributed by atoms with Gasteiger partial charge in [-0.25, -0.2) is 0 Å². The Hall–Kier alpha value is -1.79. The summed E-state index contributed by atoms with van der Waals surface area (Å²) in [7, 11) is 2.11. The van der Waals surface area contributed by atoms with Crippen LogP contribution in [0.5, 0.6) is 11.5 Å². The number of amides is 1. The Morgan fingerprint density at radius 1 is 1.08 bits per heavy atom. The van der Waals surface area contributed by atoms with E-state index in [0.29, 0.717) is 37.0 Å². The zero-order valence-electron chi connectivity index (χ0n) is 14.1. The SMILES string of the molecule is CN1CCO[C@H]2CN(C(=O)c3ccc4c(c3)OCCCO4)C[C@H]2C1. The second kappa shape index (κ2) is 6.61. The summed E-state index contributed by atoms with van der Waals surface area (Å²) in [5, 5.41) is 0. The molecule has 2 saturated heterocycles. The topological polar surface area (TPSA) is 51.2 Å². The van der Waals surface area contributed by atoms with Crippen LogP contribution in [-0.2, 0) is 4.74 Å². The van der Waals surface area contributed by atoms with Crippen molar-refractivity contribution in [2.24, 2.45) is 5.92 Å². The smallest absolute Gasteiger partial charge is 0.254 e. The number of carbonyl (C=O) groups is 1. The fourth-order valence-electron chi connectivity index (χ4n) is 3.70. The van der Waals surface area contributed by atoms with Crippen molar-refractivity contribution in [1.29, 1.82) is 0 Å². The fourth-order valence-corrected chi connectivity index (χ4v) is 3.70. The molecule has 0 spiro atoms. The van der Waals surface area contributed by atoms with Crippen LogP contribution in [0.2, 0.25) is 0 Å². The van der Waals surface area contributed by atoms with Gasteiger partial charge in [-0.3, -0.25) is 4.79 Å². The number of fused-ring (bicyclic) bond motifs is 2. The first-order chi connectivity index (χ1) is 11.7. The molecule has 0 N–H and O–H groups in total. The lowest BCUT2D eigenvalue weighted by Gasteiger charge is -2.19. The van der Waals surface area contributed by atoms with Gasteiger partial charge < -0.3 is 24.0 Å². The largest absolute Gasteiger partial charge is 0.490 e. The number of rotatable bonds is 1. The van der Waals surface area contributed by atoms with Gasteiger partial charge in [-0.2, -0.15) is 0 Å². The lowest BCUT2D eigenvalue weighted by atomic mass is 10.1. The van der Waals surface area contributed by atoms with Gasteiger partial charge in [0, 0.05) is 44.1 Å². The number of likely N-dealkylation sites (tertiary alicyclic amines) is 1. The monoisotopic (exact) mass is 332 g/mol. The Morgan fingerprint density at radius 2 is 1.92 bits per heavy atom. The van der Waals surface area contributed by atoms with E-state index < -0.39 is 0 Å². The van der Waals surface area contributed by atoms with E-state index in [9.17, 15) is 4.79 Å².